The van der Waals surface area contributed by atoms with Crippen LogP contribution in [0, 0.1) is 6.92 Å². The zero-order chi connectivity index (χ0) is 15.9. The van der Waals surface area contributed by atoms with Gasteiger partial charge in [-0.15, -0.1) is 10.2 Å². The molecule has 2 aromatic rings. The van der Waals surface area contributed by atoms with Gasteiger partial charge in [0.1, 0.15) is 6.54 Å². The van der Waals surface area contributed by atoms with Crippen molar-refractivity contribution in [3.8, 4) is 11.4 Å². The number of amides is 1. The van der Waals surface area contributed by atoms with Gasteiger partial charge in [-0.25, -0.2) is 0 Å². The number of aliphatic hydroxyl groups excluding tert-OH is 1. The van der Waals surface area contributed by atoms with Crippen LogP contribution in [0.25, 0.3) is 11.4 Å². The highest BCUT2D eigenvalue weighted by atomic mass is 16.3. The Morgan fingerprint density at radius 3 is 2.77 bits per heavy atom. The van der Waals surface area contributed by atoms with Crippen LogP contribution in [0.1, 0.15) is 25.3 Å². The Bertz CT molecular complexity index is 609. The number of nitrogens with zero attached hydrogens (tertiary/aromatic N) is 4. The molecule has 118 valence electrons. The van der Waals surface area contributed by atoms with E-state index in [-0.39, 0.29) is 25.1 Å². The number of carbonyl (C=O) groups is 1. The van der Waals surface area contributed by atoms with Crippen LogP contribution >= 0.6 is 0 Å². The van der Waals surface area contributed by atoms with Gasteiger partial charge in [-0.2, -0.15) is 4.80 Å². The van der Waals surface area contributed by atoms with Crippen molar-refractivity contribution in [3.63, 3.8) is 0 Å². The maximum atomic E-state index is 11.9. The van der Waals surface area contributed by atoms with Gasteiger partial charge in [0.2, 0.25) is 11.7 Å². The molecule has 2 N–H and O–H groups in total. The molecule has 1 aromatic carbocycles. The van der Waals surface area contributed by atoms with Crippen LogP contribution in [-0.2, 0) is 11.3 Å². The fourth-order valence-electron chi connectivity index (χ4n) is 2.05. The Morgan fingerprint density at radius 1 is 1.36 bits per heavy atom. The van der Waals surface area contributed by atoms with E-state index >= 15 is 0 Å². The van der Waals surface area contributed by atoms with E-state index in [1.54, 1.807) is 0 Å². The van der Waals surface area contributed by atoms with Crippen molar-refractivity contribution in [1.82, 2.24) is 25.5 Å². The summed E-state index contributed by atoms with van der Waals surface area (Å²) >= 11 is 0. The summed E-state index contributed by atoms with van der Waals surface area (Å²) in [6, 6.07) is 7.82. The monoisotopic (exact) mass is 303 g/mol. The van der Waals surface area contributed by atoms with E-state index in [2.05, 4.69) is 20.7 Å². The second-order valence-corrected chi connectivity index (χ2v) is 5.34. The first-order chi connectivity index (χ1) is 10.6. The molecule has 1 unspecified atom stereocenters. The number of hydrogen-bond donors (Lipinski definition) is 2. The minimum Gasteiger partial charge on any atom is -0.396 e. The zero-order valence-corrected chi connectivity index (χ0v) is 12.9. The van der Waals surface area contributed by atoms with Crippen molar-refractivity contribution < 1.29 is 9.90 Å². The Balaban J connectivity index is 1.91. The molecule has 0 saturated carbocycles. The Kier molecular flexibility index (Phi) is 5.60. The van der Waals surface area contributed by atoms with Gasteiger partial charge in [0.05, 0.1) is 0 Å². The van der Waals surface area contributed by atoms with E-state index in [1.165, 1.54) is 4.80 Å². The number of carbonyl (C=O) groups excluding carboxylic acids is 1. The molecule has 7 nitrogen and oxygen atoms in total. The molecule has 0 spiro atoms. The normalized spacial score (nSPS) is 12.1. The number of benzene rings is 1. The van der Waals surface area contributed by atoms with Crippen LogP contribution in [0.5, 0.6) is 0 Å². The van der Waals surface area contributed by atoms with Crippen molar-refractivity contribution in [2.24, 2.45) is 0 Å². The Hall–Kier alpha value is -2.28. The number of aliphatic hydroxyl groups is 1. The SMILES string of the molecule is Cc1ccc(-c2nnn(CC(=O)NC(C)CCCO)n2)cc1. The standard InChI is InChI=1S/C15H21N5O2/c1-11-5-7-13(8-6-11)15-17-19-20(18-15)10-14(22)16-12(2)4-3-9-21/h5-8,12,21H,3-4,9-10H2,1-2H3,(H,16,22). The molecular formula is C15H21N5O2. The van der Waals surface area contributed by atoms with Gasteiger partial charge in [-0.3, -0.25) is 4.79 Å². The van der Waals surface area contributed by atoms with Crippen LogP contribution in [0.4, 0.5) is 0 Å². The summed E-state index contributed by atoms with van der Waals surface area (Å²) in [5, 5.41) is 23.7. The lowest BCUT2D eigenvalue weighted by atomic mass is 10.1. The third kappa shape index (κ3) is 4.63. The van der Waals surface area contributed by atoms with Crippen molar-refractivity contribution in [1.29, 1.82) is 0 Å². The predicted molar refractivity (Wildman–Crippen MR) is 81.9 cm³/mol. The molecule has 7 heteroatoms. The average Bonchev–Trinajstić information content (AvgIpc) is 2.94. The van der Waals surface area contributed by atoms with E-state index in [1.807, 2.05) is 38.1 Å². The highest BCUT2D eigenvalue weighted by Crippen LogP contribution is 2.13. The van der Waals surface area contributed by atoms with Gasteiger partial charge in [0, 0.05) is 18.2 Å². The summed E-state index contributed by atoms with van der Waals surface area (Å²) in [4.78, 5) is 13.2. The molecule has 0 saturated heterocycles. The maximum absolute atomic E-state index is 11.9. The molecule has 22 heavy (non-hydrogen) atoms. The van der Waals surface area contributed by atoms with Crippen LogP contribution < -0.4 is 5.32 Å². The first-order valence-electron chi connectivity index (χ1n) is 7.33. The fourth-order valence-corrected chi connectivity index (χ4v) is 2.05. The van der Waals surface area contributed by atoms with Gasteiger partial charge in [0.25, 0.3) is 0 Å². The molecule has 1 heterocycles. The van der Waals surface area contributed by atoms with Crippen LogP contribution in [-0.4, -0.2) is 43.9 Å². The molecule has 0 aliphatic carbocycles. The quantitative estimate of drug-likeness (QED) is 0.793. The molecule has 0 bridgehead atoms. The minimum atomic E-state index is -0.168. The molecule has 1 atom stereocenters. The molecule has 0 aliphatic heterocycles. The van der Waals surface area contributed by atoms with Crippen molar-refractivity contribution in [2.75, 3.05) is 6.61 Å². The van der Waals surface area contributed by atoms with E-state index < -0.39 is 0 Å². The maximum Gasteiger partial charge on any atom is 0.243 e. The van der Waals surface area contributed by atoms with Gasteiger partial charge in [-0.1, -0.05) is 29.8 Å². The van der Waals surface area contributed by atoms with Gasteiger partial charge in [0.15, 0.2) is 0 Å². The molecular weight excluding hydrogens is 282 g/mol. The predicted octanol–water partition coefficient (Wildman–Crippen LogP) is 0.926. The molecule has 1 amide bonds. The van der Waals surface area contributed by atoms with E-state index in [0.717, 1.165) is 17.5 Å². The Morgan fingerprint density at radius 2 is 2.09 bits per heavy atom. The third-order valence-electron chi connectivity index (χ3n) is 3.25. The van der Waals surface area contributed by atoms with Crippen LogP contribution in [0.2, 0.25) is 0 Å². The largest absolute Gasteiger partial charge is 0.396 e. The van der Waals surface area contributed by atoms with Gasteiger partial charge in [-0.05, 0) is 31.9 Å². The van der Waals surface area contributed by atoms with Crippen molar-refractivity contribution >= 4 is 5.91 Å². The smallest absolute Gasteiger partial charge is 0.243 e. The van der Waals surface area contributed by atoms with E-state index in [0.29, 0.717) is 12.2 Å². The number of nitrogens with one attached hydrogen (secondary N) is 1. The summed E-state index contributed by atoms with van der Waals surface area (Å²) in [6.45, 7) is 4.07. The minimum absolute atomic E-state index is 0.0136. The molecule has 0 fully saturated rings. The Labute approximate surface area is 129 Å². The van der Waals surface area contributed by atoms with Crippen LogP contribution in [0.3, 0.4) is 0 Å². The second-order valence-electron chi connectivity index (χ2n) is 5.34. The lowest BCUT2D eigenvalue weighted by molar-refractivity contribution is -0.122. The zero-order valence-electron chi connectivity index (χ0n) is 12.9. The molecule has 1 aromatic heterocycles. The summed E-state index contributed by atoms with van der Waals surface area (Å²) in [7, 11) is 0. The lowest BCUT2D eigenvalue weighted by Gasteiger charge is -2.12. The highest BCUT2D eigenvalue weighted by Gasteiger charge is 2.11. The fraction of sp³-hybridized carbons (Fsp3) is 0.467. The van der Waals surface area contributed by atoms with E-state index in [9.17, 15) is 4.79 Å². The summed E-state index contributed by atoms with van der Waals surface area (Å²) in [5.74, 6) is 0.333. The number of aryl methyl sites for hydroxylation is 1. The highest BCUT2D eigenvalue weighted by molar-refractivity contribution is 5.75. The summed E-state index contributed by atoms with van der Waals surface area (Å²) < 4.78 is 0. The third-order valence-corrected chi connectivity index (χ3v) is 3.25. The number of rotatable bonds is 7. The topological polar surface area (TPSA) is 92.9 Å². The first kappa shape index (κ1) is 16.1. The molecule has 0 aliphatic rings. The molecule has 2 rings (SSSR count). The van der Waals surface area contributed by atoms with Gasteiger partial charge >= 0.3 is 0 Å². The summed E-state index contributed by atoms with van der Waals surface area (Å²) in [5.41, 5.74) is 2.03. The number of aromatic nitrogens is 4. The van der Waals surface area contributed by atoms with Crippen molar-refractivity contribution in [2.45, 2.75) is 39.3 Å². The van der Waals surface area contributed by atoms with Gasteiger partial charge < -0.3 is 10.4 Å². The van der Waals surface area contributed by atoms with Crippen molar-refractivity contribution in [3.05, 3.63) is 29.8 Å². The lowest BCUT2D eigenvalue weighted by Crippen LogP contribution is -2.35. The molecule has 0 radical (unpaired) electrons. The average molecular weight is 303 g/mol. The van der Waals surface area contributed by atoms with E-state index in [4.69, 9.17) is 5.11 Å². The number of hydrogen-bond acceptors (Lipinski definition) is 5. The first-order valence-corrected chi connectivity index (χ1v) is 7.33. The second kappa shape index (κ2) is 7.65. The summed E-state index contributed by atoms with van der Waals surface area (Å²) in [6.07, 6.45) is 1.40. The van der Waals surface area contributed by atoms with Crippen LogP contribution in [0.15, 0.2) is 24.3 Å². The number of tetrazole rings is 1.